The third-order valence-corrected chi connectivity index (χ3v) is 5.70. The summed E-state index contributed by atoms with van der Waals surface area (Å²) in [5.74, 6) is 0.432. The van der Waals surface area contributed by atoms with Gasteiger partial charge in [-0.15, -0.1) is 0 Å². The number of aliphatic hydroxyl groups excluding tert-OH is 4. The van der Waals surface area contributed by atoms with Gasteiger partial charge in [0, 0.05) is 6.54 Å². The largest absolute Gasteiger partial charge is 0.460 e. The van der Waals surface area contributed by atoms with Gasteiger partial charge in [0.05, 0.1) is 18.5 Å². The summed E-state index contributed by atoms with van der Waals surface area (Å²) in [6, 6.07) is 12.1. The maximum Gasteiger partial charge on any atom is 0.229 e. The van der Waals surface area contributed by atoms with Crippen LogP contribution >= 0.6 is 0 Å². The van der Waals surface area contributed by atoms with E-state index in [0.29, 0.717) is 12.3 Å². The van der Waals surface area contributed by atoms with Crippen molar-refractivity contribution in [3.8, 4) is 5.75 Å². The van der Waals surface area contributed by atoms with Crippen molar-refractivity contribution >= 4 is 11.0 Å². The lowest BCUT2D eigenvalue weighted by atomic mass is 9.99. The van der Waals surface area contributed by atoms with E-state index in [4.69, 9.17) is 9.47 Å². The van der Waals surface area contributed by atoms with Gasteiger partial charge in [-0.05, 0) is 42.2 Å². The molecule has 0 aliphatic carbocycles. The summed E-state index contributed by atoms with van der Waals surface area (Å²) < 4.78 is 13.4. The number of aryl methyl sites for hydroxylation is 2. The summed E-state index contributed by atoms with van der Waals surface area (Å²) in [7, 11) is 0. The zero-order valence-corrected chi connectivity index (χ0v) is 17.5. The number of aliphatic hydroxyl groups is 4. The standard InChI is InChI=1S/C23H28N2O6/c1-3-14-4-6-15(7-5-14)10-25-12-24-16-8-13(2)9-17(19(16)25)30-23-22(29)21(28)20(27)18(11-26)31-23/h4-9,12,18,20-23,26-29H,3,10-11H2,1-2H3. The Morgan fingerprint density at radius 3 is 2.42 bits per heavy atom. The molecule has 0 saturated carbocycles. The smallest absolute Gasteiger partial charge is 0.229 e. The Bertz CT molecular complexity index is 1030. The van der Waals surface area contributed by atoms with E-state index in [1.54, 1.807) is 6.33 Å². The molecule has 0 amide bonds. The van der Waals surface area contributed by atoms with Crippen LogP contribution in [0.3, 0.4) is 0 Å². The maximum absolute atomic E-state index is 10.4. The zero-order chi connectivity index (χ0) is 22.1. The van der Waals surface area contributed by atoms with Gasteiger partial charge in [0.25, 0.3) is 0 Å². The Balaban J connectivity index is 1.66. The quantitative estimate of drug-likeness (QED) is 0.465. The molecule has 4 rings (SSSR count). The molecule has 3 aromatic rings. The van der Waals surface area contributed by atoms with E-state index >= 15 is 0 Å². The molecule has 5 unspecified atom stereocenters. The van der Waals surface area contributed by atoms with Gasteiger partial charge < -0.3 is 34.5 Å². The molecule has 5 atom stereocenters. The van der Waals surface area contributed by atoms with Crippen LogP contribution in [0.25, 0.3) is 11.0 Å². The second-order valence-electron chi connectivity index (χ2n) is 7.99. The Hall–Kier alpha value is -2.49. The number of benzene rings is 2. The fourth-order valence-corrected chi connectivity index (χ4v) is 3.88. The minimum absolute atomic E-state index is 0.432. The van der Waals surface area contributed by atoms with Crippen molar-refractivity contribution in [2.45, 2.75) is 57.5 Å². The lowest BCUT2D eigenvalue weighted by molar-refractivity contribution is -0.277. The lowest BCUT2D eigenvalue weighted by Gasteiger charge is -2.39. The van der Waals surface area contributed by atoms with Gasteiger partial charge in [-0.3, -0.25) is 0 Å². The van der Waals surface area contributed by atoms with Crippen LogP contribution in [-0.4, -0.2) is 67.3 Å². The normalized spacial score (nSPS) is 26.3. The van der Waals surface area contributed by atoms with E-state index in [-0.39, 0.29) is 0 Å². The van der Waals surface area contributed by atoms with E-state index in [2.05, 4.69) is 36.2 Å². The van der Waals surface area contributed by atoms with Gasteiger partial charge in [-0.25, -0.2) is 4.98 Å². The third-order valence-electron chi connectivity index (χ3n) is 5.70. The van der Waals surface area contributed by atoms with Gasteiger partial charge in [0.2, 0.25) is 6.29 Å². The van der Waals surface area contributed by atoms with Crippen LogP contribution in [0.4, 0.5) is 0 Å². The van der Waals surface area contributed by atoms with Crippen molar-refractivity contribution in [3.05, 3.63) is 59.4 Å². The molecule has 2 aromatic carbocycles. The van der Waals surface area contributed by atoms with Gasteiger partial charge >= 0.3 is 0 Å². The van der Waals surface area contributed by atoms with Crippen LogP contribution in [0.5, 0.6) is 5.75 Å². The van der Waals surface area contributed by atoms with Gasteiger partial charge in [-0.1, -0.05) is 31.2 Å². The third kappa shape index (κ3) is 4.30. The Labute approximate surface area is 180 Å². The topological polar surface area (TPSA) is 117 Å². The van der Waals surface area contributed by atoms with Crippen molar-refractivity contribution < 1.29 is 29.9 Å². The Morgan fingerprint density at radius 1 is 1.03 bits per heavy atom. The number of hydrogen-bond donors (Lipinski definition) is 4. The molecule has 0 spiro atoms. The van der Waals surface area contributed by atoms with Crippen LogP contribution in [0.1, 0.15) is 23.6 Å². The molecule has 2 heterocycles. The highest BCUT2D eigenvalue weighted by Crippen LogP contribution is 2.31. The minimum Gasteiger partial charge on any atom is -0.460 e. The summed E-state index contributed by atoms with van der Waals surface area (Å²) in [5.41, 5.74) is 4.73. The van der Waals surface area contributed by atoms with Crippen LogP contribution in [0, 0.1) is 6.92 Å². The first-order valence-corrected chi connectivity index (χ1v) is 10.4. The minimum atomic E-state index is -1.50. The highest BCUT2D eigenvalue weighted by Gasteiger charge is 2.44. The number of ether oxygens (including phenoxy) is 2. The van der Waals surface area contributed by atoms with Gasteiger partial charge in [-0.2, -0.15) is 0 Å². The van der Waals surface area contributed by atoms with Crippen LogP contribution < -0.4 is 4.74 Å². The predicted octanol–water partition coefficient (Wildman–Crippen LogP) is 1.13. The fourth-order valence-electron chi connectivity index (χ4n) is 3.88. The molecule has 166 valence electrons. The van der Waals surface area contributed by atoms with Crippen molar-refractivity contribution in [2.24, 2.45) is 0 Å². The molecule has 1 fully saturated rings. The SMILES string of the molecule is CCc1ccc(Cn2cnc3cc(C)cc(OC4OC(CO)C(O)C(O)C4O)c32)cc1. The molecule has 1 aromatic heterocycles. The van der Waals surface area contributed by atoms with Crippen molar-refractivity contribution in [2.75, 3.05) is 6.61 Å². The monoisotopic (exact) mass is 428 g/mol. The average molecular weight is 428 g/mol. The number of imidazole rings is 1. The molecule has 4 N–H and O–H groups in total. The molecular formula is C23H28N2O6. The number of aromatic nitrogens is 2. The molecule has 1 aliphatic heterocycles. The average Bonchev–Trinajstić information content (AvgIpc) is 3.17. The molecule has 0 radical (unpaired) electrons. The molecule has 31 heavy (non-hydrogen) atoms. The molecule has 1 saturated heterocycles. The molecule has 1 aliphatic rings. The second kappa shape index (κ2) is 8.94. The summed E-state index contributed by atoms with van der Waals surface area (Å²) >= 11 is 0. The summed E-state index contributed by atoms with van der Waals surface area (Å²) in [5, 5.41) is 39.9. The Morgan fingerprint density at radius 2 is 1.74 bits per heavy atom. The van der Waals surface area contributed by atoms with E-state index in [9.17, 15) is 20.4 Å². The van der Waals surface area contributed by atoms with Crippen molar-refractivity contribution in [3.63, 3.8) is 0 Å². The van der Waals surface area contributed by atoms with Crippen LogP contribution in [0.15, 0.2) is 42.7 Å². The van der Waals surface area contributed by atoms with Gasteiger partial charge in [0.1, 0.15) is 35.7 Å². The first kappa shape index (κ1) is 21.7. The predicted molar refractivity (Wildman–Crippen MR) is 114 cm³/mol. The van der Waals surface area contributed by atoms with E-state index in [0.717, 1.165) is 28.6 Å². The van der Waals surface area contributed by atoms with Crippen LogP contribution in [-0.2, 0) is 17.7 Å². The highest BCUT2D eigenvalue weighted by molar-refractivity contribution is 5.83. The summed E-state index contributed by atoms with van der Waals surface area (Å²) in [4.78, 5) is 4.49. The highest BCUT2D eigenvalue weighted by atomic mass is 16.7. The molecule has 0 bridgehead atoms. The van der Waals surface area contributed by atoms with E-state index in [1.165, 1.54) is 5.56 Å². The van der Waals surface area contributed by atoms with Crippen molar-refractivity contribution in [1.82, 2.24) is 9.55 Å². The molecule has 8 nitrogen and oxygen atoms in total. The van der Waals surface area contributed by atoms with E-state index < -0.39 is 37.3 Å². The molecule has 8 heteroatoms. The summed E-state index contributed by atoms with van der Waals surface area (Å²) in [6.07, 6.45) is -4.00. The first-order chi connectivity index (χ1) is 14.9. The number of fused-ring (bicyclic) bond motifs is 1. The number of hydrogen-bond acceptors (Lipinski definition) is 7. The van der Waals surface area contributed by atoms with Gasteiger partial charge in [0.15, 0.2) is 0 Å². The lowest BCUT2D eigenvalue weighted by Crippen LogP contribution is -2.60. The molecular weight excluding hydrogens is 400 g/mol. The fraction of sp³-hybridized carbons (Fsp3) is 0.435. The van der Waals surface area contributed by atoms with Crippen LogP contribution in [0.2, 0.25) is 0 Å². The first-order valence-electron chi connectivity index (χ1n) is 10.4. The maximum atomic E-state index is 10.4. The van der Waals surface area contributed by atoms with Crippen molar-refractivity contribution in [1.29, 1.82) is 0 Å². The second-order valence-corrected chi connectivity index (χ2v) is 7.99. The van der Waals surface area contributed by atoms with E-state index in [1.807, 2.05) is 23.6 Å². The summed E-state index contributed by atoms with van der Waals surface area (Å²) in [6.45, 7) is 4.08. The number of rotatable bonds is 6. The zero-order valence-electron chi connectivity index (χ0n) is 17.5. The Kier molecular flexibility index (Phi) is 6.27. The number of nitrogens with zero attached hydrogens (tertiary/aromatic N) is 2.